The van der Waals surface area contributed by atoms with E-state index in [-0.39, 0.29) is 16.6 Å². The number of carbonyl (C=O) groups excluding carboxylic acids is 1. The predicted octanol–water partition coefficient (Wildman–Crippen LogP) is 1.57. The van der Waals surface area contributed by atoms with Gasteiger partial charge in [0.25, 0.3) is 5.56 Å². The summed E-state index contributed by atoms with van der Waals surface area (Å²) in [4.78, 5) is 28.3. The fourth-order valence-corrected chi connectivity index (χ4v) is 1.56. The molecule has 0 aliphatic heterocycles. The third-order valence-corrected chi connectivity index (χ3v) is 2.72. The Morgan fingerprint density at radius 3 is 3.00 bits per heavy atom. The molecule has 1 aromatic heterocycles. The van der Waals surface area contributed by atoms with Gasteiger partial charge in [-0.05, 0) is 12.8 Å². The summed E-state index contributed by atoms with van der Waals surface area (Å²) in [5, 5.41) is 3.04. The SMILES string of the molecule is COC(=O)CCCCCNc1nc[nH]c(=O)c1Cl. The summed E-state index contributed by atoms with van der Waals surface area (Å²) in [6.07, 6.45) is 4.27. The van der Waals surface area contributed by atoms with Crippen molar-refractivity contribution < 1.29 is 9.53 Å². The zero-order valence-electron chi connectivity index (χ0n) is 10.2. The maximum absolute atomic E-state index is 11.2. The van der Waals surface area contributed by atoms with E-state index < -0.39 is 0 Å². The molecule has 2 N–H and O–H groups in total. The van der Waals surface area contributed by atoms with Gasteiger partial charge in [-0.2, -0.15) is 0 Å². The average Bonchev–Trinajstić information content (AvgIpc) is 2.38. The zero-order chi connectivity index (χ0) is 13.4. The molecule has 1 aromatic rings. The molecule has 7 heteroatoms. The van der Waals surface area contributed by atoms with Crippen molar-refractivity contribution in [2.75, 3.05) is 19.0 Å². The molecule has 0 aliphatic carbocycles. The van der Waals surface area contributed by atoms with Crippen LogP contribution in [0.5, 0.6) is 0 Å². The van der Waals surface area contributed by atoms with Gasteiger partial charge in [0, 0.05) is 13.0 Å². The predicted molar refractivity (Wildman–Crippen MR) is 68.8 cm³/mol. The van der Waals surface area contributed by atoms with Crippen molar-refractivity contribution in [1.29, 1.82) is 0 Å². The van der Waals surface area contributed by atoms with Gasteiger partial charge in [-0.3, -0.25) is 9.59 Å². The van der Waals surface area contributed by atoms with E-state index in [1.54, 1.807) is 0 Å². The Morgan fingerprint density at radius 2 is 2.28 bits per heavy atom. The van der Waals surface area contributed by atoms with E-state index in [2.05, 4.69) is 20.0 Å². The Morgan fingerprint density at radius 1 is 1.50 bits per heavy atom. The van der Waals surface area contributed by atoms with Crippen LogP contribution >= 0.6 is 11.6 Å². The molecule has 0 amide bonds. The molecule has 18 heavy (non-hydrogen) atoms. The lowest BCUT2D eigenvalue weighted by Gasteiger charge is -2.05. The van der Waals surface area contributed by atoms with Gasteiger partial charge in [0.05, 0.1) is 13.4 Å². The number of hydrogen-bond donors (Lipinski definition) is 2. The van der Waals surface area contributed by atoms with E-state index >= 15 is 0 Å². The molecule has 0 spiro atoms. The van der Waals surface area contributed by atoms with Crippen molar-refractivity contribution in [2.24, 2.45) is 0 Å². The van der Waals surface area contributed by atoms with Crippen molar-refractivity contribution in [3.8, 4) is 0 Å². The maximum atomic E-state index is 11.2. The topological polar surface area (TPSA) is 84.1 Å². The highest BCUT2D eigenvalue weighted by Gasteiger charge is 2.04. The van der Waals surface area contributed by atoms with Crippen LogP contribution in [0.2, 0.25) is 5.02 Å². The average molecular weight is 274 g/mol. The van der Waals surface area contributed by atoms with Crippen LogP contribution in [0.25, 0.3) is 0 Å². The Kier molecular flexibility index (Phi) is 6.21. The first-order valence-electron chi connectivity index (χ1n) is 5.69. The van der Waals surface area contributed by atoms with Crippen molar-refractivity contribution >= 4 is 23.4 Å². The number of rotatable bonds is 7. The number of H-pyrrole nitrogens is 1. The van der Waals surface area contributed by atoms with Crippen LogP contribution in [-0.4, -0.2) is 29.6 Å². The molecule has 1 heterocycles. The van der Waals surface area contributed by atoms with Crippen LogP contribution in [0.15, 0.2) is 11.1 Å². The number of carbonyl (C=O) groups is 1. The first-order valence-corrected chi connectivity index (χ1v) is 6.07. The second-order valence-corrected chi connectivity index (χ2v) is 4.09. The summed E-state index contributed by atoms with van der Waals surface area (Å²) in [7, 11) is 1.38. The zero-order valence-corrected chi connectivity index (χ0v) is 10.9. The highest BCUT2D eigenvalue weighted by Crippen LogP contribution is 2.12. The third-order valence-electron chi connectivity index (χ3n) is 2.37. The Labute approximate surface area is 110 Å². The summed E-state index contributed by atoms with van der Waals surface area (Å²) in [5.41, 5.74) is -0.361. The number of nitrogens with zero attached hydrogens (tertiary/aromatic N) is 1. The lowest BCUT2D eigenvalue weighted by Crippen LogP contribution is -2.12. The van der Waals surface area contributed by atoms with Crippen LogP contribution < -0.4 is 10.9 Å². The van der Waals surface area contributed by atoms with E-state index in [0.29, 0.717) is 18.8 Å². The van der Waals surface area contributed by atoms with Crippen LogP contribution in [0, 0.1) is 0 Å². The van der Waals surface area contributed by atoms with Crippen LogP contribution in [-0.2, 0) is 9.53 Å². The number of ether oxygens (including phenoxy) is 1. The molecule has 0 unspecified atom stereocenters. The minimum atomic E-state index is -0.361. The second-order valence-electron chi connectivity index (χ2n) is 3.71. The van der Waals surface area contributed by atoms with Gasteiger partial charge in [0.1, 0.15) is 5.02 Å². The Balaban J connectivity index is 2.20. The summed E-state index contributed by atoms with van der Waals surface area (Å²) in [6.45, 7) is 0.650. The normalized spacial score (nSPS) is 10.1. The molecule has 0 aliphatic rings. The van der Waals surface area contributed by atoms with Crippen molar-refractivity contribution in [3.63, 3.8) is 0 Å². The molecule has 1 rings (SSSR count). The number of unbranched alkanes of at least 4 members (excludes halogenated alkanes) is 2. The number of aromatic amines is 1. The van der Waals surface area contributed by atoms with Gasteiger partial charge in [-0.15, -0.1) is 0 Å². The summed E-state index contributed by atoms with van der Waals surface area (Å²) < 4.78 is 4.53. The largest absolute Gasteiger partial charge is 0.469 e. The number of hydrogen-bond acceptors (Lipinski definition) is 5. The fraction of sp³-hybridized carbons (Fsp3) is 0.545. The number of methoxy groups -OCH3 is 1. The molecule has 6 nitrogen and oxygen atoms in total. The summed E-state index contributed by atoms with van der Waals surface area (Å²) in [5.74, 6) is 0.190. The van der Waals surface area contributed by atoms with Crippen LogP contribution in [0.1, 0.15) is 25.7 Å². The molecule has 0 aromatic carbocycles. The monoisotopic (exact) mass is 273 g/mol. The number of halogens is 1. The Hall–Kier alpha value is -1.56. The van der Waals surface area contributed by atoms with E-state index in [9.17, 15) is 9.59 Å². The first-order chi connectivity index (χ1) is 8.65. The van der Waals surface area contributed by atoms with E-state index in [0.717, 1.165) is 19.3 Å². The van der Waals surface area contributed by atoms with Gasteiger partial charge in [-0.1, -0.05) is 18.0 Å². The highest BCUT2D eigenvalue weighted by molar-refractivity contribution is 6.32. The van der Waals surface area contributed by atoms with Gasteiger partial charge in [0.15, 0.2) is 5.82 Å². The number of nitrogens with one attached hydrogen (secondary N) is 2. The molecule has 0 bridgehead atoms. The van der Waals surface area contributed by atoms with Crippen molar-refractivity contribution in [3.05, 3.63) is 21.7 Å². The van der Waals surface area contributed by atoms with Crippen LogP contribution in [0.3, 0.4) is 0 Å². The lowest BCUT2D eigenvalue weighted by molar-refractivity contribution is -0.140. The van der Waals surface area contributed by atoms with Gasteiger partial charge < -0.3 is 15.0 Å². The minimum Gasteiger partial charge on any atom is -0.469 e. The number of esters is 1. The molecule has 0 radical (unpaired) electrons. The fourth-order valence-electron chi connectivity index (χ4n) is 1.39. The molecular weight excluding hydrogens is 258 g/mol. The van der Waals surface area contributed by atoms with E-state index in [1.165, 1.54) is 13.4 Å². The molecule has 0 saturated carbocycles. The molecule has 0 atom stereocenters. The molecule has 0 saturated heterocycles. The maximum Gasteiger partial charge on any atom is 0.305 e. The number of anilines is 1. The molecular formula is C11H16ClN3O3. The van der Waals surface area contributed by atoms with Crippen molar-refractivity contribution in [2.45, 2.75) is 25.7 Å². The van der Waals surface area contributed by atoms with Crippen LogP contribution in [0.4, 0.5) is 5.82 Å². The first kappa shape index (κ1) is 14.5. The molecule has 0 fully saturated rings. The molecule has 100 valence electrons. The smallest absolute Gasteiger partial charge is 0.305 e. The van der Waals surface area contributed by atoms with Crippen molar-refractivity contribution in [1.82, 2.24) is 9.97 Å². The third kappa shape index (κ3) is 4.75. The van der Waals surface area contributed by atoms with E-state index in [1.807, 2.05) is 0 Å². The highest BCUT2D eigenvalue weighted by atomic mass is 35.5. The lowest BCUT2D eigenvalue weighted by atomic mass is 10.2. The van der Waals surface area contributed by atoms with E-state index in [4.69, 9.17) is 11.6 Å². The van der Waals surface area contributed by atoms with Gasteiger partial charge >= 0.3 is 5.97 Å². The number of aromatic nitrogens is 2. The van der Waals surface area contributed by atoms with Gasteiger partial charge in [-0.25, -0.2) is 4.98 Å². The standard InChI is InChI=1S/C11H16ClN3O3/c1-18-8(16)5-3-2-4-6-13-10-9(12)11(17)15-7-14-10/h7H,2-6H2,1H3,(H2,13,14,15,17). The Bertz CT molecular complexity index is 447. The minimum absolute atomic E-state index is 0.0621. The second kappa shape index (κ2) is 7.71. The summed E-state index contributed by atoms with van der Waals surface area (Å²) >= 11 is 5.76. The quantitative estimate of drug-likeness (QED) is 0.582. The van der Waals surface area contributed by atoms with Gasteiger partial charge in [0.2, 0.25) is 0 Å². The summed E-state index contributed by atoms with van der Waals surface area (Å²) in [6, 6.07) is 0.